The summed E-state index contributed by atoms with van der Waals surface area (Å²) in [6.07, 6.45) is 12.0. The Bertz CT molecular complexity index is 2560. The van der Waals surface area contributed by atoms with E-state index in [1.807, 2.05) is 36.4 Å². The molecule has 0 fully saturated rings. The molecular formula is C43H30N4O. The molecule has 0 spiro atoms. The lowest BCUT2D eigenvalue weighted by Crippen LogP contribution is -2.33. The Morgan fingerprint density at radius 1 is 0.708 bits per heavy atom. The zero-order valence-corrected chi connectivity index (χ0v) is 26.0. The SMILES string of the molecule is C1=CC2=Cc3c(c4ccccc4n3-c3ccc4c(c3)oc3cc(C5=NC(c6ccccc6)=NC(c6ccccc6)N5)ccc34)CC2C=C1. The first-order valence-corrected chi connectivity index (χ1v) is 16.5. The van der Waals surface area contributed by atoms with E-state index in [0.29, 0.717) is 11.8 Å². The Labute approximate surface area is 277 Å². The van der Waals surface area contributed by atoms with E-state index in [1.165, 1.54) is 27.7 Å². The lowest BCUT2D eigenvalue weighted by atomic mass is 9.83. The van der Waals surface area contributed by atoms with Crippen LogP contribution in [0.25, 0.3) is 44.6 Å². The molecule has 0 saturated carbocycles. The minimum absolute atomic E-state index is 0.254. The van der Waals surface area contributed by atoms with E-state index in [0.717, 1.165) is 56.6 Å². The highest BCUT2D eigenvalue weighted by Gasteiger charge is 2.26. The van der Waals surface area contributed by atoms with E-state index >= 15 is 0 Å². The molecule has 5 aromatic carbocycles. The molecule has 0 saturated heterocycles. The number of para-hydroxylation sites is 1. The zero-order chi connectivity index (χ0) is 31.6. The van der Waals surface area contributed by atoms with E-state index in [1.54, 1.807) is 0 Å². The van der Waals surface area contributed by atoms with Gasteiger partial charge in [-0.1, -0.05) is 109 Å². The maximum Gasteiger partial charge on any atom is 0.159 e. The van der Waals surface area contributed by atoms with Crippen molar-refractivity contribution in [1.29, 1.82) is 0 Å². The summed E-state index contributed by atoms with van der Waals surface area (Å²) in [4.78, 5) is 9.99. The molecule has 5 nitrogen and oxygen atoms in total. The van der Waals surface area contributed by atoms with Gasteiger partial charge in [0.05, 0.1) is 11.2 Å². The molecule has 48 heavy (non-hydrogen) atoms. The average Bonchev–Trinajstić information content (AvgIpc) is 3.68. The van der Waals surface area contributed by atoms with Gasteiger partial charge in [-0.05, 0) is 59.5 Å². The van der Waals surface area contributed by atoms with Crippen molar-refractivity contribution in [3.05, 3.63) is 179 Å². The molecule has 3 heterocycles. The minimum atomic E-state index is -0.254. The van der Waals surface area contributed by atoms with Gasteiger partial charge in [0.25, 0.3) is 0 Å². The molecule has 0 bridgehead atoms. The molecule has 5 heteroatoms. The molecule has 2 aromatic heterocycles. The quantitative estimate of drug-likeness (QED) is 0.214. The number of amidine groups is 2. The van der Waals surface area contributed by atoms with Crippen LogP contribution in [0.15, 0.2) is 166 Å². The van der Waals surface area contributed by atoms with Crippen LogP contribution < -0.4 is 5.32 Å². The Morgan fingerprint density at radius 2 is 1.48 bits per heavy atom. The molecule has 3 aliphatic rings. The van der Waals surface area contributed by atoms with Gasteiger partial charge in [0, 0.05) is 45.0 Å². The third-order valence-corrected chi connectivity index (χ3v) is 9.80. The first kappa shape index (κ1) is 27.0. The third-order valence-electron chi connectivity index (χ3n) is 9.80. The highest BCUT2D eigenvalue weighted by Crippen LogP contribution is 2.40. The summed E-state index contributed by atoms with van der Waals surface area (Å²) in [5.74, 6) is 1.90. The van der Waals surface area contributed by atoms with Gasteiger partial charge in [-0.2, -0.15) is 0 Å². The molecule has 10 rings (SSSR count). The number of allylic oxidation sites excluding steroid dienone is 5. The summed E-state index contributed by atoms with van der Waals surface area (Å²) in [7, 11) is 0. The second-order valence-electron chi connectivity index (χ2n) is 12.6. The van der Waals surface area contributed by atoms with Crippen molar-refractivity contribution in [2.24, 2.45) is 15.9 Å². The Hall–Kier alpha value is -6.20. The minimum Gasteiger partial charge on any atom is -0.456 e. The summed E-state index contributed by atoms with van der Waals surface area (Å²) in [5, 5.41) is 7.07. The maximum atomic E-state index is 6.63. The Kier molecular flexibility index (Phi) is 6.00. The molecule has 228 valence electrons. The third kappa shape index (κ3) is 4.32. The van der Waals surface area contributed by atoms with Crippen LogP contribution in [0.5, 0.6) is 0 Å². The van der Waals surface area contributed by atoms with Crippen LogP contribution in [0.2, 0.25) is 0 Å². The number of furan rings is 1. The van der Waals surface area contributed by atoms with Crippen molar-refractivity contribution >= 4 is 50.6 Å². The lowest BCUT2D eigenvalue weighted by molar-refractivity contribution is 0.666. The molecule has 2 atom stereocenters. The number of nitrogens with one attached hydrogen (secondary N) is 1. The number of aromatic nitrogens is 1. The maximum absolute atomic E-state index is 6.63. The van der Waals surface area contributed by atoms with Gasteiger partial charge >= 0.3 is 0 Å². The monoisotopic (exact) mass is 618 g/mol. The molecule has 2 unspecified atom stereocenters. The van der Waals surface area contributed by atoms with Crippen LogP contribution in [-0.2, 0) is 6.42 Å². The number of benzene rings is 5. The van der Waals surface area contributed by atoms with Crippen molar-refractivity contribution in [2.45, 2.75) is 12.6 Å². The van der Waals surface area contributed by atoms with Gasteiger partial charge in [0.1, 0.15) is 23.2 Å². The Balaban J connectivity index is 1.07. The number of nitrogens with zero attached hydrogens (tertiary/aromatic N) is 3. The van der Waals surface area contributed by atoms with Crippen molar-refractivity contribution < 1.29 is 4.42 Å². The highest BCUT2D eigenvalue weighted by atomic mass is 16.3. The first-order chi connectivity index (χ1) is 23.8. The number of aliphatic imine (C=N–C) groups is 2. The molecular weight excluding hydrogens is 589 g/mol. The van der Waals surface area contributed by atoms with Crippen LogP contribution in [0, 0.1) is 5.92 Å². The molecule has 7 aromatic rings. The summed E-state index contributed by atoms with van der Waals surface area (Å²) in [6.45, 7) is 0. The van der Waals surface area contributed by atoms with E-state index in [4.69, 9.17) is 14.4 Å². The smallest absolute Gasteiger partial charge is 0.159 e. The second kappa shape index (κ2) is 10.7. The number of hydrogen-bond acceptors (Lipinski definition) is 4. The summed E-state index contributed by atoms with van der Waals surface area (Å²) >= 11 is 0. The average molecular weight is 619 g/mol. The summed E-state index contributed by atoms with van der Waals surface area (Å²) < 4.78 is 9.02. The number of fused-ring (bicyclic) bond motifs is 7. The first-order valence-electron chi connectivity index (χ1n) is 16.5. The second-order valence-corrected chi connectivity index (χ2v) is 12.6. The van der Waals surface area contributed by atoms with Crippen LogP contribution in [-0.4, -0.2) is 16.2 Å². The van der Waals surface area contributed by atoms with Crippen LogP contribution in [0.4, 0.5) is 0 Å². The van der Waals surface area contributed by atoms with Gasteiger partial charge in [0.2, 0.25) is 0 Å². The normalized spacial score (nSPS) is 18.3. The van der Waals surface area contributed by atoms with E-state index in [2.05, 4.69) is 125 Å². The van der Waals surface area contributed by atoms with Crippen molar-refractivity contribution in [2.75, 3.05) is 0 Å². The van der Waals surface area contributed by atoms with Crippen LogP contribution >= 0.6 is 0 Å². The van der Waals surface area contributed by atoms with E-state index in [-0.39, 0.29) is 6.17 Å². The summed E-state index contributed by atoms with van der Waals surface area (Å²) in [6, 6.07) is 42.2. The topological polar surface area (TPSA) is 54.8 Å². The fraction of sp³-hybridized carbons (Fsp3) is 0.0698. The standard InChI is InChI=1S/C43H30N4O/c1-3-11-27(12-4-1)41-44-42(28-13-5-2-6-14-28)46-43(45-41)31-19-21-34-35-22-20-32(26-40(35)48-39(34)25-31)47-37-18-10-9-17-33(37)36-23-29-15-7-8-16-30(29)24-38(36)47/h1-22,24-26,29,41H,23H2,(H,44,45,46). The molecule has 0 radical (unpaired) electrons. The predicted octanol–water partition coefficient (Wildman–Crippen LogP) is 9.71. The van der Waals surface area contributed by atoms with E-state index < -0.39 is 0 Å². The predicted molar refractivity (Wildman–Crippen MR) is 196 cm³/mol. The van der Waals surface area contributed by atoms with Crippen LogP contribution in [0.3, 0.4) is 0 Å². The van der Waals surface area contributed by atoms with Crippen LogP contribution in [0.1, 0.15) is 34.1 Å². The fourth-order valence-electron chi connectivity index (χ4n) is 7.46. The van der Waals surface area contributed by atoms with Gasteiger partial charge in [-0.15, -0.1) is 0 Å². The fourth-order valence-corrected chi connectivity index (χ4v) is 7.46. The van der Waals surface area contributed by atoms with Crippen molar-refractivity contribution in [3.63, 3.8) is 0 Å². The summed E-state index contributed by atoms with van der Waals surface area (Å²) in [5.41, 5.74) is 11.0. The largest absolute Gasteiger partial charge is 0.456 e. The van der Waals surface area contributed by atoms with Gasteiger partial charge in [-0.25, -0.2) is 9.98 Å². The molecule has 1 aliphatic heterocycles. The number of rotatable bonds is 4. The molecule has 2 aliphatic carbocycles. The Morgan fingerprint density at radius 3 is 2.35 bits per heavy atom. The molecule has 0 amide bonds. The number of hydrogen-bond donors (Lipinski definition) is 1. The van der Waals surface area contributed by atoms with E-state index in [9.17, 15) is 0 Å². The van der Waals surface area contributed by atoms with Crippen molar-refractivity contribution in [1.82, 2.24) is 9.88 Å². The van der Waals surface area contributed by atoms with Crippen molar-refractivity contribution in [3.8, 4) is 5.69 Å². The van der Waals surface area contributed by atoms with Gasteiger partial charge < -0.3 is 14.3 Å². The lowest BCUT2D eigenvalue weighted by Gasteiger charge is -2.23. The highest BCUT2D eigenvalue weighted by molar-refractivity contribution is 6.15. The van der Waals surface area contributed by atoms with Gasteiger partial charge in [-0.3, -0.25) is 0 Å². The molecule has 1 N–H and O–H groups in total. The zero-order valence-electron chi connectivity index (χ0n) is 26.0. The van der Waals surface area contributed by atoms with Gasteiger partial charge in [0.15, 0.2) is 5.84 Å².